The van der Waals surface area contributed by atoms with E-state index in [2.05, 4.69) is 19.1 Å². The van der Waals surface area contributed by atoms with Crippen LogP contribution in [-0.2, 0) is 4.74 Å². The van der Waals surface area contributed by atoms with E-state index in [1.54, 1.807) is 0 Å². The van der Waals surface area contributed by atoms with E-state index in [1.807, 2.05) is 25.7 Å². The molecule has 5 heteroatoms. The number of likely N-dealkylation sites (tertiary alicyclic amines) is 1. The Hall–Kier alpha value is -0.410. The topological polar surface area (TPSA) is 29.5 Å². The number of hydrogen-bond donors (Lipinski definition) is 0. The van der Waals surface area contributed by atoms with Crippen molar-refractivity contribution >= 4 is 29.3 Å². The summed E-state index contributed by atoms with van der Waals surface area (Å²) in [5.74, 6) is 1.75. The van der Waals surface area contributed by atoms with Crippen LogP contribution in [0, 0.1) is 5.92 Å². The van der Waals surface area contributed by atoms with Crippen molar-refractivity contribution < 1.29 is 9.53 Å². The van der Waals surface area contributed by atoms with Gasteiger partial charge in [-0.3, -0.25) is 0 Å². The van der Waals surface area contributed by atoms with Crippen LogP contribution < -0.4 is 0 Å². The number of allylic oxidation sites excluding steroid dienone is 2. The maximum absolute atomic E-state index is 11.9. The highest BCUT2D eigenvalue weighted by Gasteiger charge is 2.25. The second kappa shape index (κ2) is 12.1. The molecule has 1 aliphatic rings. The molecule has 0 aromatic rings. The van der Waals surface area contributed by atoms with Crippen LogP contribution in [-0.4, -0.2) is 41.4 Å². The van der Waals surface area contributed by atoms with Gasteiger partial charge in [-0.15, -0.1) is 23.2 Å². The molecule has 130 valence electrons. The van der Waals surface area contributed by atoms with Crippen LogP contribution in [0.2, 0.25) is 0 Å². The minimum Gasteiger partial charge on any atom is -0.444 e. The van der Waals surface area contributed by atoms with Crippen molar-refractivity contribution in [2.24, 2.45) is 5.92 Å². The van der Waals surface area contributed by atoms with Gasteiger partial charge < -0.3 is 9.64 Å². The van der Waals surface area contributed by atoms with E-state index in [0.717, 1.165) is 32.4 Å². The molecule has 1 rings (SSSR count). The Morgan fingerprint density at radius 2 is 1.77 bits per heavy atom. The van der Waals surface area contributed by atoms with Gasteiger partial charge in [-0.25, -0.2) is 4.79 Å². The summed E-state index contributed by atoms with van der Waals surface area (Å²) >= 11 is 10.1. The van der Waals surface area contributed by atoms with Gasteiger partial charge in [0.1, 0.15) is 5.60 Å². The second-order valence-electron chi connectivity index (χ2n) is 6.40. The van der Waals surface area contributed by atoms with E-state index in [-0.39, 0.29) is 6.09 Å². The Bertz CT molecular complexity index is 317. The Kier molecular flexibility index (Phi) is 11.8. The van der Waals surface area contributed by atoms with Crippen molar-refractivity contribution in [3.63, 3.8) is 0 Å². The van der Waals surface area contributed by atoms with Crippen molar-refractivity contribution in [2.75, 3.05) is 24.8 Å². The molecular weight excluding hydrogens is 321 g/mol. The number of halogens is 2. The lowest BCUT2D eigenvalue weighted by atomic mass is 9.96. The van der Waals surface area contributed by atoms with Crippen molar-refractivity contribution in [1.82, 2.24) is 4.90 Å². The molecule has 1 heterocycles. The average molecular weight is 352 g/mol. The van der Waals surface area contributed by atoms with Gasteiger partial charge >= 0.3 is 6.09 Å². The van der Waals surface area contributed by atoms with E-state index < -0.39 is 5.60 Å². The minimum atomic E-state index is -0.394. The number of carbonyl (C=O) groups excluding carboxylic acids is 1. The molecule has 0 saturated carbocycles. The molecule has 0 N–H and O–H groups in total. The normalized spacial score (nSPS) is 16.4. The highest BCUT2D eigenvalue weighted by molar-refractivity contribution is 6.25. The number of ether oxygens (including phenoxy) is 1. The minimum absolute atomic E-state index is 0.168. The number of rotatable bonds is 4. The molecule has 1 amide bonds. The Morgan fingerprint density at radius 1 is 1.23 bits per heavy atom. The molecule has 3 nitrogen and oxygen atoms in total. The highest BCUT2D eigenvalue weighted by Crippen LogP contribution is 2.20. The molecule has 0 radical (unpaired) electrons. The first-order valence-electron chi connectivity index (χ1n) is 8.10. The molecule has 0 unspecified atom stereocenters. The van der Waals surface area contributed by atoms with Gasteiger partial charge in [-0.05, 0) is 46.0 Å². The zero-order valence-corrected chi connectivity index (χ0v) is 15.9. The molecule has 0 atom stereocenters. The van der Waals surface area contributed by atoms with Crippen LogP contribution in [0.3, 0.4) is 0 Å². The van der Waals surface area contributed by atoms with Crippen LogP contribution in [0.1, 0.15) is 53.4 Å². The predicted molar refractivity (Wildman–Crippen MR) is 96.0 cm³/mol. The molecule has 0 spiro atoms. The average Bonchev–Trinajstić information content (AvgIpc) is 2.47. The van der Waals surface area contributed by atoms with Crippen LogP contribution in [0.4, 0.5) is 4.79 Å². The van der Waals surface area contributed by atoms with Crippen LogP contribution in [0.15, 0.2) is 12.2 Å². The largest absolute Gasteiger partial charge is 0.444 e. The first kappa shape index (κ1) is 21.6. The van der Waals surface area contributed by atoms with Gasteiger partial charge in [0.2, 0.25) is 0 Å². The number of nitrogens with zero attached hydrogens (tertiary/aromatic N) is 1. The Morgan fingerprint density at radius 3 is 2.18 bits per heavy atom. The smallest absolute Gasteiger partial charge is 0.410 e. The molecule has 22 heavy (non-hydrogen) atoms. The highest BCUT2D eigenvalue weighted by atomic mass is 35.5. The number of alkyl halides is 2. The molecule has 1 aliphatic heterocycles. The summed E-state index contributed by atoms with van der Waals surface area (Å²) in [6, 6.07) is 0. The third-order valence-electron chi connectivity index (χ3n) is 3.13. The zero-order valence-electron chi connectivity index (χ0n) is 14.4. The quantitative estimate of drug-likeness (QED) is 0.497. The van der Waals surface area contributed by atoms with Crippen molar-refractivity contribution in [3.8, 4) is 0 Å². The monoisotopic (exact) mass is 351 g/mol. The number of piperidine rings is 1. The maximum atomic E-state index is 11.9. The summed E-state index contributed by atoms with van der Waals surface area (Å²) in [7, 11) is 0. The van der Waals surface area contributed by atoms with Gasteiger partial charge in [0, 0.05) is 24.8 Å². The standard InChI is InChI=1S/C15H27NO2.C2H4Cl2/c1-5-6-7-8-13-9-11-16(12-10-13)14(17)18-15(2,3)4;3-1-2-4/h7-8,13H,5-6,9-12H2,1-4H3;1-2H2/b8-7-;. The van der Waals surface area contributed by atoms with Gasteiger partial charge in [0.25, 0.3) is 0 Å². The number of hydrogen-bond acceptors (Lipinski definition) is 2. The predicted octanol–water partition coefficient (Wildman–Crippen LogP) is 5.45. The zero-order chi connectivity index (χ0) is 17.0. The molecule has 1 fully saturated rings. The number of carbonyl (C=O) groups is 1. The molecule has 0 aromatic heterocycles. The lowest BCUT2D eigenvalue weighted by Gasteiger charge is -2.32. The van der Waals surface area contributed by atoms with Crippen LogP contribution in [0.5, 0.6) is 0 Å². The first-order chi connectivity index (χ1) is 10.3. The third kappa shape index (κ3) is 11.2. The van der Waals surface area contributed by atoms with E-state index in [0.29, 0.717) is 17.7 Å². The van der Waals surface area contributed by atoms with Crippen molar-refractivity contribution in [1.29, 1.82) is 0 Å². The van der Waals surface area contributed by atoms with Gasteiger partial charge in [0.05, 0.1) is 0 Å². The molecular formula is C17H31Cl2NO2. The number of unbranched alkanes of at least 4 members (excludes halogenated alkanes) is 1. The van der Waals surface area contributed by atoms with Crippen molar-refractivity contribution in [3.05, 3.63) is 12.2 Å². The Balaban J connectivity index is 0.000000980. The summed E-state index contributed by atoms with van der Waals surface area (Å²) in [5.41, 5.74) is -0.394. The van der Waals surface area contributed by atoms with Crippen LogP contribution in [0.25, 0.3) is 0 Å². The molecule has 0 bridgehead atoms. The summed E-state index contributed by atoms with van der Waals surface area (Å²) in [5, 5.41) is 0. The first-order valence-corrected chi connectivity index (χ1v) is 9.17. The molecule has 0 aliphatic carbocycles. The third-order valence-corrected chi connectivity index (χ3v) is 3.70. The van der Waals surface area contributed by atoms with Gasteiger partial charge in [0.15, 0.2) is 0 Å². The fraction of sp³-hybridized carbons (Fsp3) is 0.824. The SMILES string of the molecule is CCC/C=C\C1CCN(C(=O)OC(C)(C)C)CC1.ClCCCl. The summed E-state index contributed by atoms with van der Waals surface area (Å²) in [4.78, 5) is 13.7. The summed E-state index contributed by atoms with van der Waals surface area (Å²) in [6.45, 7) is 9.54. The maximum Gasteiger partial charge on any atom is 0.410 e. The van der Waals surface area contributed by atoms with Gasteiger partial charge in [-0.2, -0.15) is 0 Å². The summed E-state index contributed by atoms with van der Waals surface area (Å²) in [6.07, 6.45) is 8.89. The Labute approximate surface area is 146 Å². The fourth-order valence-electron chi connectivity index (χ4n) is 2.06. The lowest BCUT2D eigenvalue weighted by molar-refractivity contribution is 0.0197. The molecule has 1 saturated heterocycles. The lowest BCUT2D eigenvalue weighted by Crippen LogP contribution is -2.41. The van der Waals surface area contributed by atoms with Crippen molar-refractivity contribution in [2.45, 2.75) is 59.0 Å². The van der Waals surface area contributed by atoms with E-state index in [9.17, 15) is 4.79 Å². The van der Waals surface area contributed by atoms with E-state index in [4.69, 9.17) is 27.9 Å². The fourth-order valence-corrected chi connectivity index (χ4v) is 2.06. The van der Waals surface area contributed by atoms with Crippen LogP contribution >= 0.6 is 23.2 Å². The number of amides is 1. The summed E-state index contributed by atoms with van der Waals surface area (Å²) < 4.78 is 5.38. The van der Waals surface area contributed by atoms with E-state index in [1.165, 1.54) is 6.42 Å². The molecule has 0 aromatic carbocycles. The second-order valence-corrected chi connectivity index (χ2v) is 7.16. The van der Waals surface area contributed by atoms with Gasteiger partial charge in [-0.1, -0.05) is 25.5 Å². The van der Waals surface area contributed by atoms with E-state index >= 15 is 0 Å².